The number of esters is 1. The summed E-state index contributed by atoms with van der Waals surface area (Å²) in [6.45, 7) is 4.43. The van der Waals surface area contributed by atoms with Crippen LogP contribution in [0.1, 0.15) is 23.7 Å². The molecule has 5 heteroatoms. The number of amides is 1. The average molecular weight is 312 g/mol. The van der Waals surface area contributed by atoms with Crippen molar-refractivity contribution in [3.63, 3.8) is 0 Å². The fourth-order valence-corrected chi connectivity index (χ4v) is 2.12. The summed E-state index contributed by atoms with van der Waals surface area (Å²) in [5.74, 6) is -1.49. The second-order valence-corrected chi connectivity index (χ2v) is 5.19. The molecule has 120 valence electrons. The number of pyridine rings is 1. The lowest BCUT2D eigenvalue weighted by Crippen LogP contribution is -2.37. The molecule has 5 nitrogen and oxygen atoms in total. The average Bonchev–Trinajstić information content (AvgIpc) is 2.57. The third kappa shape index (κ3) is 4.92. The highest BCUT2D eigenvalue weighted by atomic mass is 16.5. The van der Waals surface area contributed by atoms with Crippen molar-refractivity contribution in [2.45, 2.75) is 26.9 Å². The van der Waals surface area contributed by atoms with Crippen LogP contribution in [0.15, 0.2) is 48.7 Å². The number of benzene rings is 1. The molecule has 1 aromatic heterocycles. The Labute approximate surface area is 135 Å². The number of hydrogen-bond acceptors (Lipinski definition) is 4. The van der Waals surface area contributed by atoms with E-state index in [1.807, 2.05) is 43.3 Å². The minimum absolute atomic E-state index is 0.173. The summed E-state index contributed by atoms with van der Waals surface area (Å²) in [5, 5.41) is 0. The summed E-state index contributed by atoms with van der Waals surface area (Å²) in [5.41, 5.74) is 2.81. The maximum atomic E-state index is 12.3. The van der Waals surface area contributed by atoms with Crippen molar-refractivity contribution in [2.24, 2.45) is 0 Å². The minimum atomic E-state index is -0.837. The predicted molar refractivity (Wildman–Crippen MR) is 86.3 cm³/mol. The molecule has 0 bridgehead atoms. The molecule has 0 saturated heterocycles. The van der Waals surface area contributed by atoms with Crippen LogP contribution in [0.5, 0.6) is 0 Å². The van der Waals surface area contributed by atoms with Crippen LogP contribution in [-0.2, 0) is 27.4 Å². The van der Waals surface area contributed by atoms with Crippen LogP contribution in [0.3, 0.4) is 0 Å². The van der Waals surface area contributed by atoms with Gasteiger partial charge in [0.2, 0.25) is 0 Å². The number of ether oxygens (including phenoxy) is 1. The molecule has 1 heterocycles. The minimum Gasteiger partial charge on any atom is -0.459 e. The molecule has 0 aliphatic heterocycles. The highest BCUT2D eigenvalue weighted by Crippen LogP contribution is 2.11. The first-order valence-electron chi connectivity index (χ1n) is 7.51. The van der Waals surface area contributed by atoms with Crippen molar-refractivity contribution in [3.05, 3.63) is 65.5 Å². The predicted octanol–water partition coefficient (Wildman–Crippen LogP) is 2.48. The van der Waals surface area contributed by atoms with Gasteiger partial charge >= 0.3 is 11.9 Å². The summed E-state index contributed by atoms with van der Waals surface area (Å²) in [6, 6.07) is 13.3. The van der Waals surface area contributed by atoms with Gasteiger partial charge < -0.3 is 9.64 Å². The molecule has 0 saturated carbocycles. The molecule has 0 atom stereocenters. The normalized spacial score (nSPS) is 10.2. The number of aromatic nitrogens is 1. The maximum absolute atomic E-state index is 12.3. The lowest BCUT2D eigenvalue weighted by atomic mass is 10.1. The molecule has 0 unspecified atom stereocenters. The fourth-order valence-electron chi connectivity index (χ4n) is 2.12. The van der Waals surface area contributed by atoms with Gasteiger partial charge in [0.05, 0.1) is 18.8 Å². The van der Waals surface area contributed by atoms with Crippen LogP contribution in [0.4, 0.5) is 0 Å². The van der Waals surface area contributed by atoms with Gasteiger partial charge in [-0.15, -0.1) is 0 Å². The van der Waals surface area contributed by atoms with Gasteiger partial charge in [-0.05, 0) is 31.5 Å². The summed E-state index contributed by atoms with van der Waals surface area (Å²) in [6.07, 6.45) is 1.66. The van der Waals surface area contributed by atoms with E-state index in [2.05, 4.69) is 4.98 Å². The topological polar surface area (TPSA) is 59.5 Å². The molecule has 1 aromatic carbocycles. The van der Waals surface area contributed by atoms with Crippen LogP contribution in [-0.4, -0.2) is 28.4 Å². The van der Waals surface area contributed by atoms with Gasteiger partial charge in [-0.1, -0.05) is 35.9 Å². The van der Waals surface area contributed by atoms with E-state index in [1.165, 1.54) is 4.90 Å². The standard InChI is InChI=1S/C18H20N2O3/c1-3-23-18(22)17(21)20(13-16-6-4-5-11-19-16)12-15-9-7-14(2)8-10-15/h4-11H,3,12-13H2,1-2H3. The monoisotopic (exact) mass is 312 g/mol. The largest absolute Gasteiger partial charge is 0.459 e. The van der Waals surface area contributed by atoms with Crippen LogP contribution in [0.2, 0.25) is 0 Å². The molecule has 23 heavy (non-hydrogen) atoms. The number of rotatable bonds is 5. The second kappa shape index (κ2) is 8.08. The molecule has 2 aromatic rings. The first kappa shape index (κ1) is 16.7. The summed E-state index contributed by atoms with van der Waals surface area (Å²) < 4.78 is 4.83. The van der Waals surface area contributed by atoms with Gasteiger partial charge in [0.1, 0.15) is 0 Å². The van der Waals surface area contributed by atoms with Gasteiger partial charge in [0.25, 0.3) is 0 Å². The van der Waals surface area contributed by atoms with Crippen LogP contribution in [0.25, 0.3) is 0 Å². The van der Waals surface area contributed by atoms with Crippen molar-refractivity contribution >= 4 is 11.9 Å². The van der Waals surface area contributed by atoms with Gasteiger partial charge in [-0.25, -0.2) is 4.79 Å². The molecule has 0 aliphatic rings. The zero-order chi connectivity index (χ0) is 16.7. The highest BCUT2D eigenvalue weighted by Gasteiger charge is 2.23. The van der Waals surface area contributed by atoms with Crippen molar-refractivity contribution in [2.75, 3.05) is 6.61 Å². The van der Waals surface area contributed by atoms with E-state index in [0.717, 1.165) is 16.8 Å². The van der Waals surface area contributed by atoms with E-state index in [0.29, 0.717) is 6.54 Å². The molecule has 1 amide bonds. The molecule has 0 radical (unpaired) electrons. The molecule has 2 rings (SSSR count). The van der Waals surface area contributed by atoms with E-state index in [1.54, 1.807) is 19.2 Å². The second-order valence-electron chi connectivity index (χ2n) is 5.19. The first-order chi connectivity index (χ1) is 11.1. The Kier molecular flexibility index (Phi) is 5.86. The Morgan fingerprint density at radius 2 is 1.83 bits per heavy atom. The highest BCUT2D eigenvalue weighted by molar-refractivity contribution is 6.32. The third-order valence-corrected chi connectivity index (χ3v) is 3.31. The van der Waals surface area contributed by atoms with Gasteiger partial charge in [-0.3, -0.25) is 9.78 Å². The van der Waals surface area contributed by atoms with Crippen LogP contribution in [0, 0.1) is 6.92 Å². The Morgan fingerprint density at radius 1 is 1.09 bits per heavy atom. The van der Waals surface area contributed by atoms with Gasteiger partial charge in [-0.2, -0.15) is 0 Å². The van der Waals surface area contributed by atoms with Gasteiger partial charge in [0.15, 0.2) is 0 Å². The fraction of sp³-hybridized carbons (Fsp3) is 0.278. The lowest BCUT2D eigenvalue weighted by Gasteiger charge is -2.21. The quantitative estimate of drug-likeness (QED) is 0.628. The van der Waals surface area contributed by atoms with Crippen LogP contribution < -0.4 is 0 Å². The third-order valence-electron chi connectivity index (χ3n) is 3.31. The smallest absolute Gasteiger partial charge is 0.397 e. The first-order valence-corrected chi connectivity index (χ1v) is 7.51. The number of carbonyl (C=O) groups excluding carboxylic acids is 2. The zero-order valence-electron chi connectivity index (χ0n) is 13.4. The molecular weight excluding hydrogens is 292 g/mol. The molecule has 0 N–H and O–H groups in total. The van der Waals surface area contributed by atoms with Gasteiger partial charge in [0, 0.05) is 12.7 Å². The number of nitrogens with zero attached hydrogens (tertiary/aromatic N) is 2. The summed E-state index contributed by atoms with van der Waals surface area (Å²) >= 11 is 0. The van der Waals surface area contributed by atoms with E-state index in [-0.39, 0.29) is 13.2 Å². The molecule has 0 fully saturated rings. The molecular formula is C18H20N2O3. The van der Waals surface area contributed by atoms with E-state index < -0.39 is 11.9 Å². The Hall–Kier alpha value is -2.69. The lowest BCUT2D eigenvalue weighted by molar-refractivity contribution is -0.160. The maximum Gasteiger partial charge on any atom is 0.397 e. The molecule has 0 spiro atoms. The van der Waals surface area contributed by atoms with E-state index in [9.17, 15) is 9.59 Å². The number of hydrogen-bond donors (Lipinski definition) is 0. The van der Waals surface area contributed by atoms with E-state index >= 15 is 0 Å². The number of aryl methyl sites for hydroxylation is 1. The summed E-state index contributed by atoms with van der Waals surface area (Å²) in [4.78, 5) is 29.8. The SMILES string of the molecule is CCOC(=O)C(=O)N(Cc1ccc(C)cc1)Cc1ccccn1. The Bertz CT molecular complexity index is 654. The summed E-state index contributed by atoms with van der Waals surface area (Å²) in [7, 11) is 0. The molecule has 0 aliphatic carbocycles. The zero-order valence-corrected chi connectivity index (χ0v) is 13.4. The Morgan fingerprint density at radius 3 is 2.43 bits per heavy atom. The van der Waals surface area contributed by atoms with E-state index in [4.69, 9.17) is 4.74 Å². The van der Waals surface area contributed by atoms with Crippen molar-refractivity contribution in [1.29, 1.82) is 0 Å². The Balaban J connectivity index is 2.18. The van der Waals surface area contributed by atoms with Crippen molar-refractivity contribution < 1.29 is 14.3 Å². The van der Waals surface area contributed by atoms with Crippen LogP contribution >= 0.6 is 0 Å². The van der Waals surface area contributed by atoms with Crippen molar-refractivity contribution in [1.82, 2.24) is 9.88 Å². The number of carbonyl (C=O) groups is 2. The van der Waals surface area contributed by atoms with Crippen molar-refractivity contribution in [3.8, 4) is 0 Å².